The third-order valence-electron chi connectivity index (χ3n) is 2.84. The Morgan fingerprint density at radius 2 is 2.06 bits per heavy atom. The molecule has 98 valence electrons. The van der Waals surface area contributed by atoms with Crippen molar-refractivity contribution in [3.8, 4) is 0 Å². The van der Waals surface area contributed by atoms with E-state index in [1.807, 2.05) is 0 Å². The van der Waals surface area contributed by atoms with Gasteiger partial charge in [-0.25, -0.2) is 13.6 Å². The molecule has 2 rings (SSSR count). The Kier molecular flexibility index (Phi) is 3.35. The van der Waals surface area contributed by atoms with Crippen molar-refractivity contribution >= 4 is 43.2 Å². The van der Waals surface area contributed by atoms with Crippen LogP contribution in [0.1, 0.15) is 6.42 Å². The summed E-state index contributed by atoms with van der Waals surface area (Å²) >= 11 is 3.28. The number of nitrogens with zero attached hydrogens (tertiary/aromatic N) is 1. The fourth-order valence-electron chi connectivity index (χ4n) is 1.88. The van der Waals surface area contributed by atoms with Gasteiger partial charge >= 0.3 is 0 Å². The smallest absolute Gasteiger partial charge is 0.228 e. The first kappa shape index (κ1) is 13.3. The lowest BCUT2D eigenvalue weighted by Gasteiger charge is -2.18. The van der Waals surface area contributed by atoms with Crippen molar-refractivity contribution in [2.75, 3.05) is 17.2 Å². The molecule has 0 radical (unpaired) electrons. The molecule has 0 saturated carbocycles. The molecule has 6 nitrogen and oxygen atoms in total. The van der Waals surface area contributed by atoms with Crippen LogP contribution in [-0.2, 0) is 14.8 Å². The van der Waals surface area contributed by atoms with Crippen molar-refractivity contribution in [1.82, 2.24) is 0 Å². The van der Waals surface area contributed by atoms with E-state index < -0.39 is 15.3 Å². The van der Waals surface area contributed by atoms with Crippen molar-refractivity contribution in [1.29, 1.82) is 0 Å². The van der Waals surface area contributed by atoms with Crippen LogP contribution < -0.4 is 15.8 Å². The minimum atomic E-state index is -3.71. The zero-order valence-corrected chi connectivity index (χ0v) is 11.7. The molecular formula is C10H12BrN3O3S. The molecule has 1 aromatic carbocycles. The first-order chi connectivity index (χ1) is 8.29. The number of nitrogen functional groups attached to an aromatic ring is 1. The Labute approximate surface area is 113 Å². The highest BCUT2D eigenvalue weighted by Crippen LogP contribution is 2.31. The molecule has 4 N–H and O–H groups in total. The number of primary sulfonamides is 1. The number of nitrogens with two attached hydrogens (primary N) is 2. The number of benzene rings is 1. The number of anilines is 2. The van der Waals surface area contributed by atoms with Gasteiger partial charge in [-0.1, -0.05) is 15.9 Å². The van der Waals surface area contributed by atoms with E-state index in [-0.39, 0.29) is 18.9 Å². The van der Waals surface area contributed by atoms with Gasteiger partial charge < -0.3 is 10.6 Å². The number of amides is 1. The second-order valence-electron chi connectivity index (χ2n) is 4.12. The lowest BCUT2D eigenvalue weighted by molar-refractivity contribution is -0.117. The van der Waals surface area contributed by atoms with Crippen LogP contribution in [-0.4, -0.2) is 26.1 Å². The van der Waals surface area contributed by atoms with Crippen LogP contribution in [0.3, 0.4) is 0 Å². The molecular weight excluding hydrogens is 322 g/mol. The van der Waals surface area contributed by atoms with Crippen LogP contribution in [0.5, 0.6) is 0 Å². The monoisotopic (exact) mass is 333 g/mol. The Hall–Kier alpha value is -1.12. The second-order valence-corrected chi connectivity index (χ2v) is 6.88. The van der Waals surface area contributed by atoms with Gasteiger partial charge in [0.1, 0.15) is 5.25 Å². The zero-order chi connectivity index (χ0) is 13.5. The predicted octanol–water partition coefficient (Wildman–Crippen LogP) is 0.425. The van der Waals surface area contributed by atoms with Crippen molar-refractivity contribution in [3.05, 3.63) is 22.7 Å². The zero-order valence-electron chi connectivity index (χ0n) is 9.34. The van der Waals surface area contributed by atoms with Crippen LogP contribution in [0.25, 0.3) is 0 Å². The molecule has 0 aliphatic carbocycles. The van der Waals surface area contributed by atoms with Gasteiger partial charge in [-0.2, -0.15) is 0 Å². The van der Waals surface area contributed by atoms with Gasteiger partial charge in [0.05, 0.1) is 11.4 Å². The number of sulfonamides is 1. The molecule has 1 saturated heterocycles. The fraction of sp³-hybridized carbons (Fsp3) is 0.300. The molecule has 1 unspecified atom stereocenters. The highest BCUT2D eigenvalue weighted by atomic mass is 79.9. The van der Waals surface area contributed by atoms with E-state index in [0.29, 0.717) is 11.4 Å². The fourth-order valence-corrected chi connectivity index (χ4v) is 2.96. The van der Waals surface area contributed by atoms with Gasteiger partial charge in [0.25, 0.3) is 0 Å². The van der Waals surface area contributed by atoms with Crippen LogP contribution in [0, 0.1) is 0 Å². The number of carbonyl (C=O) groups is 1. The first-order valence-corrected chi connectivity index (χ1v) is 7.56. The predicted molar refractivity (Wildman–Crippen MR) is 72.4 cm³/mol. The molecule has 0 bridgehead atoms. The summed E-state index contributed by atoms with van der Waals surface area (Å²) < 4.78 is 23.3. The molecule has 1 aromatic rings. The summed E-state index contributed by atoms with van der Waals surface area (Å²) in [6.07, 6.45) is -0.106. The van der Waals surface area contributed by atoms with Crippen molar-refractivity contribution < 1.29 is 13.2 Å². The number of rotatable bonds is 2. The summed E-state index contributed by atoms with van der Waals surface area (Å²) in [6, 6.07) is 5.08. The molecule has 1 aliphatic heterocycles. The summed E-state index contributed by atoms with van der Waals surface area (Å²) in [7, 11) is -3.71. The number of hydrogen-bond acceptors (Lipinski definition) is 4. The molecule has 18 heavy (non-hydrogen) atoms. The highest BCUT2D eigenvalue weighted by molar-refractivity contribution is 9.10. The van der Waals surface area contributed by atoms with Crippen LogP contribution in [0.2, 0.25) is 0 Å². The standard InChI is InChI=1S/C10H12BrN3O3S/c11-6-1-2-8(12)9(3-6)14-5-7(4-10(14)15)18(13,16)17/h1-3,7H,4-5,12H2,(H2,13,16,17). The molecule has 0 spiro atoms. The van der Waals surface area contributed by atoms with Gasteiger partial charge in [0.2, 0.25) is 15.9 Å². The molecule has 1 aliphatic rings. The average molecular weight is 334 g/mol. The van der Waals surface area contributed by atoms with Crippen molar-refractivity contribution in [3.63, 3.8) is 0 Å². The number of halogens is 1. The summed E-state index contributed by atoms with van der Waals surface area (Å²) in [6.45, 7) is 0.0400. The average Bonchev–Trinajstić information content (AvgIpc) is 2.64. The quantitative estimate of drug-likeness (QED) is 0.765. The van der Waals surface area contributed by atoms with E-state index in [2.05, 4.69) is 15.9 Å². The SMILES string of the molecule is Nc1ccc(Br)cc1N1CC(S(N)(=O)=O)CC1=O. The van der Waals surface area contributed by atoms with E-state index in [4.69, 9.17) is 10.9 Å². The molecule has 1 amide bonds. The van der Waals surface area contributed by atoms with Crippen LogP contribution in [0.15, 0.2) is 22.7 Å². The van der Waals surface area contributed by atoms with E-state index in [1.165, 1.54) is 4.90 Å². The first-order valence-electron chi connectivity index (χ1n) is 5.16. The van der Waals surface area contributed by atoms with E-state index in [0.717, 1.165) is 4.47 Å². The summed E-state index contributed by atoms with van der Waals surface area (Å²) in [5.41, 5.74) is 6.71. The van der Waals surface area contributed by atoms with Gasteiger partial charge in [-0.05, 0) is 18.2 Å². The highest BCUT2D eigenvalue weighted by Gasteiger charge is 2.37. The maximum atomic E-state index is 11.8. The van der Waals surface area contributed by atoms with Crippen LogP contribution in [0.4, 0.5) is 11.4 Å². The van der Waals surface area contributed by atoms with E-state index in [9.17, 15) is 13.2 Å². The third kappa shape index (κ3) is 2.50. The summed E-state index contributed by atoms with van der Waals surface area (Å²) in [4.78, 5) is 13.2. The Morgan fingerprint density at radius 1 is 1.39 bits per heavy atom. The number of carbonyl (C=O) groups excluding carboxylic acids is 1. The Balaban J connectivity index is 2.35. The molecule has 1 heterocycles. The molecule has 0 aromatic heterocycles. The molecule has 1 atom stereocenters. The van der Waals surface area contributed by atoms with E-state index in [1.54, 1.807) is 18.2 Å². The minimum absolute atomic E-state index is 0.0400. The van der Waals surface area contributed by atoms with Gasteiger partial charge in [-0.15, -0.1) is 0 Å². The van der Waals surface area contributed by atoms with Crippen molar-refractivity contribution in [2.45, 2.75) is 11.7 Å². The summed E-state index contributed by atoms with van der Waals surface area (Å²) in [5.74, 6) is -0.293. The Bertz CT molecular complexity index is 602. The lowest BCUT2D eigenvalue weighted by atomic mass is 10.2. The van der Waals surface area contributed by atoms with Crippen molar-refractivity contribution in [2.24, 2.45) is 5.14 Å². The van der Waals surface area contributed by atoms with Gasteiger partial charge in [0, 0.05) is 17.4 Å². The van der Waals surface area contributed by atoms with E-state index >= 15 is 0 Å². The number of hydrogen-bond donors (Lipinski definition) is 2. The second kappa shape index (κ2) is 4.52. The molecule has 8 heteroatoms. The maximum Gasteiger partial charge on any atom is 0.228 e. The maximum absolute atomic E-state index is 11.8. The molecule has 1 fully saturated rings. The lowest BCUT2D eigenvalue weighted by Crippen LogP contribution is -2.32. The summed E-state index contributed by atoms with van der Waals surface area (Å²) in [5, 5.41) is 4.19. The van der Waals surface area contributed by atoms with Crippen LogP contribution >= 0.6 is 15.9 Å². The topological polar surface area (TPSA) is 106 Å². The van der Waals surface area contributed by atoms with Gasteiger partial charge in [-0.3, -0.25) is 4.79 Å². The minimum Gasteiger partial charge on any atom is -0.397 e. The Morgan fingerprint density at radius 3 is 2.61 bits per heavy atom. The third-order valence-corrected chi connectivity index (χ3v) is 4.58. The van der Waals surface area contributed by atoms with Gasteiger partial charge in [0.15, 0.2) is 0 Å². The largest absolute Gasteiger partial charge is 0.397 e. The normalized spacial score (nSPS) is 20.4.